The first kappa shape index (κ1) is 25.4. The highest BCUT2D eigenvalue weighted by atomic mass is 16.2. The smallest absolute Gasteiger partial charge is 0.309 e. The second kappa shape index (κ2) is 10.4. The van der Waals surface area contributed by atoms with Gasteiger partial charge in [-0.1, -0.05) is 34.6 Å². The quantitative estimate of drug-likeness (QED) is 0.509. The van der Waals surface area contributed by atoms with Crippen molar-refractivity contribution in [1.29, 1.82) is 0 Å². The van der Waals surface area contributed by atoms with Crippen LogP contribution in [-0.2, 0) is 14.4 Å². The third-order valence-electron chi connectivity index (χ3n) is 7.00. The van der Waals surface area contributed by atoms with Crippen LogP contribution >= 0.6 is 0 Å². The molecule has 4 N–H and O–H groups in total. The zero-order valence-electron chi connectivity index (χ0n) is 19.6. The maximum atomic E-state index is 12.3. The molecule has 0 aromatic carbocycles. The molecule has 1 aliphatic rings. The average Bonchev–Trinajstić information content (AvgIpc) is 2.63. The van der Waals surface area contributed by atoms with Gasteiger partial charge in [0.1, 0.15) is 0 Å². The van der Waals surface area contributed by atoms with Gasteiger partial charge in [0.25, 0.3) is 0 Å². The molecule has 0 aliphatic heterocycles. The molecule has 6 nitrogen and oxygen atoms in total. The Morgan fingerprint density at radius 2 is 1.55 bits per heavy atom. The molecule has 1 rings (SSSR count). The number of hydrogen-bond acceptors (Lipinski definition) is 3. The Morgan fingerprint density at radius 3 is 2.03 bits per heavy atom. The van der Waals surface area contributed by atoms with Crippen LogP contribution in [0.1, 0.15) is 87.0 Å². The van der Waals surface area contributed by atoms with Crippen LogP contribution in [0, 0.1) is 29.1 Å². The van der Waals surface area contributed by atoms with Crippen molar-refractivity contribution in [1.82, 2.24) is 10.6 Å². The van der Waals surface area contributed by atoms with Crippen molar-refractivity contribution in [3.63, 3.8) is 0 Å². The van der Waals surface area contributed by atoms with Crippen molar-refractivity contribution in [2.24, 2.45) is 34.8 Å². The third kappa shape index (κ3) is 7.98. The molecule has 29 heavy (non-hydrogen) atoms. The molecule has 168 valence electrons. The van der Waals surface area contributed by atoms with E-state index in [1.54, 1.807) is 0 Å². The molecule has 1 saturated carbocycles. The maximum Gasteiger partial charge on any atom is 0.309 e. The van der Waals surface area contributed by atoms with Crippen molar-refractivity contribution < 1.29 is 14.4 Å². The number of hydrogen-bond donors (Lipinski definition) is 3. The summed E-state index contributed by atoms with van der Waals surface area (Å²) in [5, 5.41) is 5.83. The van der Waals surface area contributed by atoms with Crippen molar-refractivity contribution in [2.75, 3.05) is 6.54 Å². The highest BCUT2D eigenvalue weighted by Gasteiger charge is 2.36. The fraction of sp³-hybridized carbons (Fsp3) is 0.870. The van der Waals surface area contributed by atoms with E-state index < -0.39 is 17.4 Å². The van der Waals surface area contributed by atoms with E-state index in [1.165, 1.54) is 0 Å². The van der Waals surface area contributed by atoms with E-state index in [2.05, 4.69) is 45.3 Å². The number of nitrogens with two attached hydrogens (primary N) is 1. The lowest BCUT2D eigenvalue weighted by Crippen LogP contribution is -2.52. The number of amides is 3. The summed E-state index contributed by atoms with van der Waals surface area (Å²) < 4.78 is 0. The Labute approximate surface area is 177 Å². The summed E-state index contributed by atoms with van der Waals surface area (Å²) in [5.41, 5.74) is 4.76. The van der Waals surface area contributed by atoms with Crippen LogP contribution in [0.5, 0.6) is 0 Å². The molecule has 0 spiro atoms. The van der Waals surface area contributed by atoms with Gasteiger partial charge in [-0.2, -0.15) is 0 Å². The number of nitrogens with one attached hydrogen (secondary N) is 2. The van der Waals surface area contributed by atoms with E-state index in [9.17, 15) is 14.4 Å². The standard InChI is InChI=1S/C23H43N3O3/c1-15(2)14-25-20(28)17-8-10-18(11-9-17)22(4,5)13-12-16(3)23(6,7)26-21(29)19(24)27/h15-18H,8-14H2,1-7H3,(H2,24,27)(H,25,28)(H,26,29). The number of rotatable bonds is 9. The predicted molar refractivity (Wildman–Crippen MR) is 117 cm³/mol. The maximum absolute atomic E-state index is 12.3. The highest BCUT2D eigenvalue weighted by Crippen LogP contribution is 2.44. The van der Waals surface area contributed by atoms with E-state index in [1.807, 2.05) is 13.8 Å². The zero-order chi connectivity index (χ0) is 22.4. The van der Waals surface area contributed by atoms with Gasteiger partial charge in [0, 0.05) is 18.0 Å². The number of primary amides is 1. The lowest BCUT2D eigenvalue weighted by atomic mass is 9.65. The van der Waals surface area contributed by atoms with Crippen LogP contribution in [-0.4, -0.2) is 29.8 Å². The molecular formula is C23H43N3O3. The average molecular weight is 410 g/mol. The van der Waals surface area contributed by atoms with Gasteiger partial charge in [-0.15, -0.1) is 0 Å². The molecule has 0 radical (unpaired) electrons. The van der Waals surface area contributed by atoms with Crippen LogP contribution < -0.4 is 16.4 Å². The van der Waals surface area contributed by atoms with E-state index in [-0.39, 0.29) is 23.2 Å². The van der Waals surface area contributed by atoms with Gasteiger partial charge < -0.3 is 16.4 Å². The van der Waals surface area contributed by atoms with Gasteiger partial charge >= 0.3 is 11.8 Å². The molecule has 0 aromatic heterocycles. The van der Waals surface area contributed by atoms with Crippen LogP contribution in [0.25, 0.3) is 0 Å². The summed E-state index contributed by atoms with van der Waals surface area (Å²) in [4.78, 5) is 35.1. The van der Waals surface area contributed by atoms with Gasteiger partial charge in [-0.25, -0.2) is 0 Å². The first-order valence-electron chi connectivity index (χ1n) is 11.2. The SMILES string of the molecule is CC(C)CNC(=O)C1CCC(C(C)(C)CCC(C)C(C)(C)NC(=O)C(N)=O)CC1. The predicted octanol–water partition coefficient (Wildman–Crippen LogP) is 3.39. The summed E-state index contributed by atoms with van der Waals surface area (Å²) in [6, 6.07) is 0. The molecular weight excluding hydrogens is 366 g/mol. The molecule has 1 atom stereocenters. The van der Waals surface area contributed by atoms with Gasteiger partial charge in [0.05, 0.1) is 0 Å². The Bertz CT molecular complexity index is 576. The number of carbonyl (C=O) groups excluding carboxylic acids is 3. The normalized spacial score (nSPS) is 21.5. The van der Waals surface area contributed by atoms with Gasteiger partial charge in [-0.3, -0.25) is 14.4 Å². The molecule has 0 aromatic rings. The van der Waals surface area contributed by atoms with Crippen LogP contribution in [0.3, 0.4) is 0 Å². The molecule has 1 fully saturated rings. The minimum absolute atomic E-state index is 0.155. The summed E-state index contributed by atoms with van der Waals surface area (Å²) in [5.74, 6) is -0.00298. The largest absolute Gasteiger partial charge is 0.361 e. The third-order valence-corrected chi connectivity index (χ3v) is 7.00. The van der Waals surface area contributed by atoms with Gasteiger partial charge in [0.2, 0.25) is 5.91 Å². The summed E-state index contributed by atoms with van der Waals surface area (Å²) in [6.07, 6.45) is 6.10. The molecule has 1 aliphatic carbocycles. The monoisotopic (exact) mass is 409 g/mol. The van der Waals surface area contributed by atoms with Crippen molar-refractivity contribution in [3.05, 3.63) is 0 Å². The first-order valence-corrected chi connectivity index (χ1v) is 11.2. The van der Waals surface area contributed by atoms with Crippen LogP contribution in [0.4, 0.5) is 0 Å². The van der Waals surface area contributed by atoms with E-state index in [0.29, 0.717) is 11.8 Å². The molecule has 0 saturated heterocycles. The van der Waals surface area contributed by atoms with Crippen LogP contribution in [0.2, 0.25) is 0 Å². The molecule has 3 amide bonds. The fourth-order valence-corrected chi connectivity index (χ4v) is 4.22. The molecule has 1 unspecified atom stereocenters. The summed E-state index contributed by atoms with van der Waals surface area (Å²) >= 11 is 0. The second-order valence-corrected chi connectivity index (χ2v) is 10.7. The highest BCUT2D eigenvalue weighted by molar-refractivity contribution is 6.34. The van der Waals surface area contributed by atoms with Crippen LogP contribution in [0.15, 0.2) is 0 Å². The van der Waals surface area contributed by atoms with E-state index in [0.717, 1.165) is 45.1 Å². The van der Waals surface area contributed by atoms with Gasteiger partial charge in [-0.05, 0) is 75.5 Å². The Kier molecular flexibility index (Phi) is 9.16. The number of carbonyl (C=O) groups is 3. The lowest BCUT2D eigenvalue weighted by Gasteiger charge is -2.41. The van der Waals surface area contributed by atoms with E-state index in [4.69, 9.17) is 5.73 Å². The van der Waals surface area contributed by atoms with Crippen molar-refractivity contribution >= 4 is 17.7 Å². The van der Waals surface area contributed by atoms with Gasteiger partial charge in [0.15, 0.2) is 0 Å². The molecule has 0 bridgehead atoms. The lowest BCUT2D eigenvalue weighted by molar-refractivity contribution is -0.138. The minimum atomic E-state index is -0.945. The second-order valence-electron chi connectivity index (χ2n) is 10.7. The Hall–Kier alpha value is -1.59. The first-order chi connectivity index (χ1) is 13.3. The molecule has 6 heteroatoms. The van der Waals surface area contributed by atoms with E-state index >= 15 is 0 Å². The zero-order valence-corrected chi connectivity index (χ0v) is 19.6. The summed E-state index contributed by atoms with van der Waals surface area (Å²) in [7, 11) is 0. The topological polar surface area (TPSA) is 101 Å². The minimum Gasteiger partial charge on any atom is -0.361 e. The van der Waals surface area contributed by atoms with Crippen molar-refractivity contribution in [3.8, 4) is 0 Å². The van der Waals surface area contributed by atoms with Crippen molar-refractivity contribution in [2.45, 2.75) is 92.5 Å². The molecule has 0 heterocycles. The fourth-order valence-electron chi connectivity index (χ4n) is 4.22. The summed E-state index contributed by atoms with van der Waals surface area (Å²) in [6.45, 7) is 15.6. The Morgan fingerprint density at radius 1 is 1.00 bits per heavy atom. The Balaban J connectivity index is 2.52.